The van der Waals surface area contributed by atoms with Gasteiger partial charge in [0.25, 0.3) is 5.92 Å². The van der Waals surface area contributed by atoms with Crippen LogP contribution < -0.4 is 16.0 Å². The third-order valence-corrected chi connectivity index (χ3v) is 8.71. The first kappa shape index (κ1) is 33.6. The Labute approximate surface area is 260 Å². The zero-order valence-electron chi connectivity index (χ0n) is 25.1. The van der Waals surface area contributed by atoms with Crippen LogP contribution in [0, 0.1) is 17.8 Å². The molecule has 0 radical (unpaired) electrons. The summed E-state index contributed by atoms with van der Waals surface area (Å²) in [4.78, 5) is 53.7. The number of rotatable bonds is 12. The minimum atomic E-state index is -3.21. The maximum atomic E-state index is 15.3. The summed E-state index contributed by atoms with van der Waals surface area (Å²) in [6.07, 6.45) is 1.32. The topological polar surface area (TPSA) is 117 Å². The largest absolute Gasteiger partial charge is 0.461 e. The van der Waals surface area contributed by atoms with Crippen molar-refractivity contribution in [1.29, 1.82) is 0 Å². The predicted octanol–water partition coefficient (Wildman–Crippen LogP) is 4.61. The van der Waals surface area contributed by atoms with Gasteiger partial charge in [-0.25, -0.2) is 13.6 Å². The van der Waals surface area contributed by atoms with Crippen LogP contribution in [0.25, 0.3) is 0 Å². The van der Waals surface area contributed by atoms with Crippen LogP contribution in [0.3, 0.4) is 0 Å². The minimum absolute atomic E-state index is 0.0266. The van der Waals surface area contributed by atoms with Crippen molar-refractivity contribution in [3.05, 3.63) is 41.2 Å². The van der Waals surface area contributed by atoms with Gasteiger partial charge < -0.3 is 25.6 Å². The summed E-state index contributed by atoms with van der Waals surface area (Å²) in [6.45, 7) is 5.67. The summed E-state index contributed by atoms with van der Waals surface area (Å²) in [7, 11) is 0. The molecular weight excluding hydrogens is 601 g/mol. The smallest absolute Gasteiger partial charge is 0.366 e. The Hall–Kier alpha value is -3.28. The van der Waals surface area contributed by atoms with Crippen molar-refractivity contribution in [2.45, 2.75) is 89.4 Å². The Morgan fingerprint density at radius 1 is 1.23 bits per heavy atom. The van der Waals surface area contributed by atoms with E-state index in [2.05, 4.69) is 16.0 Å². The molecule has 6 atom stereocenters. The van der Waals surface area contributed by atoms with Crippen molar-refractivity contribution >= 4 is 41.0 Å². The zero-order valence-corrected chi connectivity index (χ0v) is 25.8. The van der Waals surface area contributed by atoms with E-state index in [1.165, 1.54) is 11.8 Å². The molecule has 9 nitrogen and oxygen atoms in total. The van der Waals surface area contributed by atoms with Gasteiger partial charge in [0.15, 0.2) is 0 Å². The number of halogens is 4. The molecule has 5 rings (SSSR count). The fourth-order valence-corrected chi connectivity index (χ4v) is 6.72. The van der Waals surface area contributed by atoms with Crippen molar-refractivity contribution in [2.24, 2.45) is 17.8 Å². The highest BCUT2D eigenvalue weighted by atomic mass is 35.5. The number of amides is 3. The monoisotopic (exact) mass is 640 g/mol. The Morgan fingerprint density at radius 2 is 1.98 bits per heavy atom. The van der Waals surface area contributed by atoms with E-state index in [9.17, 15) is 23.6 Å². The van der Waals surface area contributed by atoms with Crippen LogP contribution in [-0.4, -0.2) is 71.8 Å². The van der Waals surface area contributed by atoms with Crippen LogP contribution in [0.4, 0.5) is 18.9 Å². The normalized spacial score (nSPS) is 25.8. The number of hydrogen-bond donors (Lipinski definition) is 3. The van der Waals surface area contributed by atoms with Crippen molar-refractivity contribution in [1.82, 2.24) is 15.5 Å². The summed E-state index contributed by atoms with van der Waals surface area (Å²) in [6, 6.07) is 2.33. The molecule has 0 spiro atoms. The number of hydrogen-bond acceptors (Lipinski definition) is 6. The van der Waals surface area contributed by atoms with E-state index in [0.717, 1.165) is 6.08 Å². The van der Waals surface area contributed by atoms with E-state index in [1.54, 1.807) is 24.3 Å². The van der Waals surface area contributed by atoms with Crippen molar-refractivity contribution in [2.75, 3.05) is 18.5 Å². The third kappa shape index (κ3) is 7.86. The number of benzene rings is 1. The van der Waals surface area contributed by atoms with Crippen molar-refractivity contribution in [3.8, 4) is 0 Å². The van der Waals surface area contributed by atoms with Gasteiger partial charge in [-0.2, -0.15) is 4.39 Å². The fourth-order valence-electron chi connectivity index (χ4n) is 6.53. The fraction of sp³-hybridized carbons (Fsp3) is 0.613. The second-order valence-electron chi connectivity index (χ2n) is 12.2. The lowest BCUT2D eigenvalue weighted by Crippen LogP contribution is -2.70. The highest BCUT2D eigenvalue weighted by Crippen LogP contribution is 2.49. The number of piperidine rings is 2. The SMILES string of the molecule is CCOC(=O)/C(F)=C/[C@H](C[C@@H]1CCNC1=O)NC(=O)[C@@H]1[C@H]2CC[C@H](CC2(F)F)N1C(=O)[C@H](CC(C)C)Nc1cccc(Cl)c1. The van der Waals surface area contributed by atoms with Crippen LogP contribution in [0.5, 0.6) is 0 Å². The number of nitrogens with one attached hydrogen (secondary N) is 3. The number of anilines is 1. The molecule has 4 aliphatic rings. The first-order valence-corrected chi connectivity index (χ1v) is 15.5. The lowest BCUT2D eigenvalue weighted by Gasteiger charge is -2.54. The Balaban J connectivity index is 1.65. The molecule has 0 unspecified atom stereocenters. The molecule has 1 aromatic rings. The summed E-state index contributed by atoms with van der Waals surface area (Å²) < 4.78 is 50.1. The molecule has 3 saturated heterocycles. The molecular formula is C31H40ClF3N4O5. The van der Waals surface area contributed by atoms with Crippen LogP contribution in [0.15, 0.2) is 36.2 Å². The molecule has 13 heteroatoms. The summed E-state index contributed by atoms with van der Waals surface area (Å²) in [5, 5.41) is 8.90. The molecule has 3 N–H and O–H groups in total. The van der Waals surface area contributed by atoms with Gasteiger partial charge in [0.05, 0.1) is 18.6 Å². The Morgan fingerprint density at radius 3 is 2.59 bits per heavy atom. The van der Waals surface area contributed by atoms with Gasteiger partial charge in [0.1, 0.15) is 12.1 Å². The van der Waals surface area contributed by atoms with Gasteiger partial charge in [-0.15, -0.1) is 0 Å². The number of carbonyl (C=O) groups excluding carboxylic acids is 4. The van der Waals surface area contributed by atoms with E-state index < -0.39 is 72.0 Å². The van der Waals surface area contributed by atoms with Crippen molar-refractivity contribution < 1.29 is 37.1 Å². The van der Waals surface area contributed by atoms with Gasteiger partial charge in [0, 0.05) is 35.6 Å². The van der Waals surface area contributed by atoms with Crippen LogP contribution >= 0.6 is 11.6 Å². The molecule has 1 aromatic carbocycles. The highest BCUT2D eigenvalue weighted by Gasteiger charge is 2.61. The molecule has 3 amide bonds. The third-order valence-electron chi connectivity index (χ3n) is 8.48. The number of carbonyl (C=O) groups is 4. The molecule has 3 aliphatic heterocycles. The second-order valence-corrected chi connectivity index (χ2v) is 12.6. The molecule has 1 aliphatic carbocycles. The van der Waals surface area contributed by atoms with E-state index in [4.69, 9.17) is 16.3 Å². The number of nitrogens with zero attached hydrogens (tertiary/aromatic N) is 1. The van der Waals surface area contributed by atoms with Crippen LogP contribution in [0.2, 0.25) is 5.02 Å². The van der Waals surface area contributed by atoms with E-state index >= 15 is 8.78 Å². The Bertz CT molecular complexity index is 1280. The van der Waals surface area contributed by atoms with Gasteiger partial charge in [-0.05, 0) is 69.2 Å². The number of alkyl halides is 2. The summed E-state index contributed by atoms with van der Waals surface area (Å²) in [5.41, 5.74) is 0.569. The quantitative estimate of drug-likeness (QED) is 0.227. The minimum Gasteiger partial charge on any atom is -0.461 e. The molecule has 242 valence electrons. The first-order chi connectivity index (χ1) is 20.8. The lowest BCUT2D eigenvalue weighted by atomic mass is 9.71. The van der Waals surface area contributed by atoms with E-state index in [-0.39, 0.29) is 31.3 Å². The molecule has 0 aromatic heterocycles. The van der Waals surface area contributed by atoms with E-state index in [1.807, 2.05) is 13.8 Å². The first-order valence-electron chi connectivity index (χ1n) is 15.1. The number of ether oxygens (including phenoxy) is 1. The lowest BCUT2D eigenvalue weighted by molar-refractivity contribution is -0.194. The van der Waals surface area contributed by atoms with Crippen LogP contribution in [-0.2, 0) is 23.9 Å². The zero-order chi connectivity index (χ0) is 32.2. The predicted molar refractivity (Wildman–Crippen MR) is 159 cm³/mol. The second kappa shape index (κ2) is 14.2. The summed E-state index contributed by atoms with van der Waals surface area (Å²) >= 11 is 6.14. The standard InChI is InChI=1S/C31H40ClF3N4O5/c1-4-44-30(43)24(33)15-21(13-18-10-11-36-27(18)40)38-28(41)26-23-9-8-22(16-31(23,34)35)39(26)29(42)25(12-17(2)3)37-20-7-5-6-19(32)14-20/h5-7,14-15,17-18,21-23,25-26,37H,4,8-13,16H2,1-3H3,(H,36,40)(H,38,41)/b24-15-/t18-,21-,22+,23+,25-,26-/m0/s1. The molecule has 3 heterocycles. The maximum absolute atomic E-state index is 15.3. The number of fused-ring (bicyclic) bond motifs is 3. The van der Waals surface area contributed by atoms with Crippen LogP contribution in [0.1, 0.15) is 59.3 Å². The molecule has 2 bridgehead atoms. The summed E-state index contributed by atoms with van der Waals surface area (Å²) in [5.74, 6) is -9.42. The molecule has 44 heavy (non-hydrogen) atoms. The van der Waals surface area contributed by atoms with Gasteiger partial charge >= 0.3 is 5.97 Å². The van der Waals surface area contributed by atoms with Crippen molar-refractivity contribution in [3.63, 3.8) is 0 Å². The van der Waals surface area contributed by atoms with Gasteiger partial charge in [0.2, 0.25) is 23.5 Å². The maximum Gasteiger partial charge on any atom is 0.366 e. The average molecular weight is 641 g/mol. The number of esters is 1. The van der Waals surface area contributed by atoms with Gasteiger partial charge in [-0.1, -0.05) is 31.5 Å². The van der Waals surface area contributed by atoms with Gasteiger partial charge in [-0.3, -0.25) is 14.4 Å². The van der Waals surface area contributed by atoms with E-state index in [0.29, 0.717) is 36.5 Å². The molecule has 1 saturated carbocycles. The average Bonchev–Trinajstić information content (AvgIpc) is 3.35. The Kier molecular flexibility index (Phi) is 10.9. The highest BCUT2D eigenvalue weighted by molar-refractivity contribution is 6.30. The molecule has 4 fully saturated rings.